The Morgan fingerprint density at radius 2 is 2.10 bits per heavy atom. The standard InChI is InChI=1S/C15H18F2N2O/c1-3-9(2)19-13(18-15(6-7-15)14(19)20)10-4-5-11(16)12(17)8-10/h4-5,8-9,13,18H,3,6-7H2,1-2H3. The normalized spacial score (nSPS) is 25.3. The SMILES string of the molecule is CCC(C)N1C(=O)C2(CC2)NC1c1ccc(F)c(F)c1. The zero-order valence-electron chi connectivity index (χ0n) is 11.6. The minimum Gasteiger partial charge on any atom is -0.319 e. The third kappa shape index (κ3) is 1.92. The van der Waals surface area contributed by atoms with Gasteiger partial charge in [-0.25, -0.2) is 8.78 Å². The van der Waals surface area contributed by atoms with E-state index in [4.69, 9.17) is 0 Å². The lowest BCUT2D eigenvalue weighted by molar-refractivity contribution is -0.132. The third-order valence-electron chi connectivity index (χ3n) is 4.41. The third-order valence-corrected chi connectivity index (χ3v) is 4.41. The maximum Gasteiger partial charge on any atom is 0.244 e. The van der Waals surface area contributed by atoms with Crippen LogP contribution < -0.4 is 5.32 Å². The summed E-state index contributed by atoms with van der Waals surface area (Å²) in [4.78, 5) is 14.3. The Morgan fingerprint density at radius 3 is 2.65 bits per heavy atom. The van der Waals surface area contributed by atoms with E-state index in [1.807, 2.05) is 13.8 Å². The largest absolute Gasteiger partial charge is 0.319 e. The Balaban J connectivity index is 1.97. The Labute approximate surface area is 117 Å². The number of hydrogen-bond acceptors (Lipinski definition) is 2. The molecule has 2 atom stereocenters. The molecule has 1 heterocycles. The maximum atomic E-state index is 13.4. The van der Waals surface area contributed by atoms with Crippen LogP contribution >= 0.6 is 0 Å². The number of carbonyl (C=O) groups excluding carboxylic acids is 1. The lowest BCUT2D eigenvalue weighted by Crippen LogP contribution is -2.38. The zero-order chi connectivity index (χ0) is 14.5. The van der Waals surface area contributed by atoms with E-state index in [1.54, 1.807) is 11.0 Å². The molecule has 108 valence electrons. The van der Waals surface area contributed by atoms with Crippen molar-refractivity contribution in [3.05, 3.63) is 35.4 Å². The van der Waals surface area contributed by atoms with Crippen LogP contribution in [0.1, 0.15) is 44.8 Å². The number of amides is 1. The van der Waals surface area contributed by atoms with Gasteiger partial charge >= 0.3 is 0 Å². The van der Waals surface area contributed by atoms with Crippen molar-refractivity contribution in [3.63, 3.8) is 0 Å². The van der Waals surface area contributed by atoms with Gasteiger partial charge in [0.25, 0.3) is 0 Å². The van der Waals surface area contributed by atoms with Gasteiger partial charge in [-0.05, 0) is 43.9 Å². The Morgan fingerprint density at radius 1 is 1.40 bits per heavy atom. The monoisotopic (exact) mass is 280 g/mol. The number of benzene rings is 1. The summed E-state index contributed by atoms with van der Waals surface area (Å²) in [6.45, 7) is 3.99. The average Bonchev–Trinajstić information content (AvgIpc) is 3.15. The van der Waals surface area contributed by atoms with E-state index < -0.39 is 17.2 Å². The lowest BCUT2D eigenvalue weighted by atomic mass is 10.1. The molecule has 1 amide bonds. The van der Waals surface area contributed by atoms with E-state index >= 15 is 0 Å². The summed E-state index contributed by atoms with van der Waals surface area (Å²) >= 11 is 0. The first kappa shape index (κ1) is 13.5. The maximum absolute atomic E-state index is 13.4. The van der Waals surface area contributed by atoms with Crippen LogP contribution in [-0.4, -0.2) is 22.4 Å². The van der Waals surface area contributed by atoms with Crippen molar-refractivity contribution in [1.82, 2.24) is 10.2 Å². The number of hydrogen-bond donors (Lipinski definition) is 1. The van der Waals surface area contributed by atoms with Gasteiger partial charge in [-0.15, -0.1) is 0 Å². The van der Waals surface area contributed by atoms with Crippen LogP contribution in [0.4, 0.5) is 8.78 Å². The minimum atomic E-state index is -0.877. The molecular formula is C15H18F2N2O. The number of nitrogens with zero attached hydrogens (tertiary/aromatic N) is 1. The van der Waals surface area contributed by atoms with Crippen LogP contribution in [-0.2, 0) is 4.79 Å². The van der Waals surface area contributed by atoms with Crippen LogP contribution in [0.5, 0.6) is 0 Å². The lowest BCUT2D eigenvalue weighted by Gasteiger charge is -2.30. The summed E-state index contributed by atoms with van der Waals surface area (Å²) in [6, 6.07) is 3.90. The number of halogens is 2. The first-order valence-corrected chi connectivity index (χ1v) is 7.04. The van der Waals surface area contributed by atoms with E-state index in [0.29, 0.717) is 5.56 Å². The van der Waals surface area contributed by atoms with Crippen LogP contribution in [0.15, 0.2) is 18.2 Å². The molecule has 3 nitrogen and oxygen atoms in total. The summed E-state index contributed by atoms with van der Waals surface area (Å²) in [5.41, 5.74) is 0.139. The van der Waals surface area contributed by atoms with Crippen LogP contribution in [0.3, 0.4) is 0 Å². The van der Waals surface area contributed by atoms with Crippen molar-refractivity contribution < 1.29 is 13.6 Å². The molecular weight excluding hydrogens is 262 g/mol. The molecule has 1 saturated carbocycles. The van der Waals surface area contributed by atoms with Gasteiger partial charge in [0.15, 0.2) is 11.6 Å². The molecule has 1 saturated heterocycles. The summed E-state index contributed by atoms with van der Waals surface area (Å²) in [6.07, 6.45) is 2.09. The molecule has 2 aliphatic rings. The predicted molar refractivity (Wildman–Crippen MR) is 70.8 cm³/mol. The second-order valence-electron chi connectivity index (χ2n) is 5.77. The summed E-state index contributed by atoms with van der Waals surface area (Å²) in [7, 11) is 0. The highest BCUT2D eigenvalue weighted by molar-refractivity contribution is 5.92. The van der Waals surface area contributed by atoms with Gasteiger partial charge in [0, 0.05) is 6.04 Å². The van der Waals surface area contributed by atoms with E-state index in [0.717, 1.165) is 25.3 Å². The van der Waals surface area contributed by atoms with Crippen molar-refractivity contribution in [2.24, 2.45) is 0 Å². The van der Waals surface area contributed by atoms with Crippen molar-refractivity contribution in [2.45, 2.75) is 50.9 Å². The molecule has 0 bridgehead atoms. The first-order valence-electron chi connectivity index (χ1n) is 7.04. The molecule has 2 fully saturated rings. The van der Waals surface area contributed by atoms with Gasteiger partial charge in [0.05, 0.1) is 0 Å². The van der Waals surface area contributed by atoms with E-state index in [-0.39, 0.29) is 18.1 Å². The fourth-order valence-corrected chi connectivity index (χ4v) is 2.82. The van der Waals surface area contributed by atoms with Gasteiger partial charge in [0.2, 0.25) is 5.91 Å². The molecule has 1 aliphatic heterocycles. The van der Waals surface area contributed by atoms with Crippen molar-refractivity contribution >= 4 is 5.91 Å². The minimum absolute atomic E-state index is 0.0630. The molecule has 20 heavy (non-hydrogen) atoms. The Bertz CT molecular complexity index is 557. The highest BCUT2D eigenvalue weighted by Crippen LogP contribution is 2.47. The van der Waals surface area contributed by atoms with Gasteiger partial charge in [0.1, 0.15) is 11.7 Å². The Hall–Kier alpha value is -1.49. The average molecular weight is 280 g/mol. The summed E-state index contributed by atoms with van der Waals surface area (Å²) < 4.78 is 26.5. The second kappa shape index (κ2) is 4.52. The molecule has 1 spiro atoms. The Kier molecular flexibility index (Phi) is 3.05. The predicted octanol–water partition coefficient (Wildman–Crippen LogP) is 2.73. The second-order valence-corrected chi connectivity index (χ2v) is 5.77. The molecule has 0 aromatic heterocycles. The molecule has 1 aliphatic carbocycles. The first-order chi connectivity index (χ1) is 9.48. The zero-order valence-corrected chi connectivity index (χ0v) is 11.6. The molecule has 3 rings (SSSR count). The fourth-order valence-electron chi connectivity index (χ4n) is 2.82. The van der Waals surface area contributed by atoms with Crippen molar-refractivity contribution in [3.8, 4) is 0 Å². The van der Waals surface area contributed by atoms with Crippen LogP contribution in [0.25, 0.3) is 0 Å². The molecule has 0 radical (unpaired) electrons. The summed E-state index contributed by atoms with van der Waals surface area (Å²) in [5.74, 6) is -1.66. The van der Waals surface area contributed by atoms with Crippen molar-refractivity contribution in [1.29, 1.82) is 0 Å². The number of nitrogens with one attached hydrogen (secondary N) is 1. The molecule has 2 unspecified atom stereocenters. The smallest absolute Gasteiger partial charge is 0.244 e. The van der Waals surface area contributed by atoms with E-state index in [2.05, 4.69) is 5.32 Å². The molecule has 5 heteroatoms. The quantitative estimate of drug-likeness (QED) is 0.923. The summed E-state index contributed by atoms with van der Waals surface area (Å²) in [5, 5.41) is 3.31. The van der Waals surface area contributed by atoms with Gasteiger partial charge in [-0.3, -0.25) is 10.1 Å². The van der Waals surface area contributed by atoms with Crippen LogP contribution in [0, 0.1) is 11.6 Å². The van der Waals surface area contributed by atoms with Crippen molar-refractivity contribution in [2.75, 3.05) is 0 Å². The highest BCUT2D eigenvalue weighted by Gasteiger charge is 2.60. The fraction of sp³-hybridized carbons (Fsp3) is 0.533. The highest BCUT2D eigenvalue weighted by atomic mass is 19.2. The number of rotatable bonds is 3. The van der Waals surface area contributed by atoms with E-state index in [9.17, 15) is 13.6 Å². The van der Waals surface area contributed by atoms with Gasteiger partial charge in [-0.2, -0.15) is 0 Å². The van der Waals surface area contributed by atoms with E-state index in [1.165, 1.54) is 6.07 Å². The molecule has 1 aromatic rings. The number of carbonyl (C=O) groups is 1. The van der Waals surface area contributed by atoms with Gasteiger partial charge < -0.3 is 4.90 Å². The van der Waals surface area contributed by atoms with Gasteiger partial charge in [-0.1, -0.05) is 13.0 Å². The molecule has 1 aromatic carbocycles. The topological polar surface area (TPSA) is 32.3 Å². The molecule has 1 N–H and O–H groups in total. The van der Waals surface area contributed by atoms with Crippen LogP contribution in [0.2, 0.25) is 0 Å².